The molecule has 0 aliphatic heterocycles. The Labute approximate surface area is 70.0 Å². The van der Waals surface area contributed by atoms with Gasteiger partial charge in [-0.15, -0.1) is 0 Å². The first kappa shape index (κ1) is 10.9. The van der Waals surface area contributed by atoms with E-state index in [2.05, 4.69) is 26.1 Å². The van der Waals surface area contributed by atoms with Crippen molar-refractivity contribution in [2.45, 2.75) is 46.2 Å². The molecule has 0 spiro atoms. The zero-order valence-electron chi connectivity index (χ0n) is 8.09. The van der Waals surface area contributed by atoms with Crippen LogP contribution in [-0.2, 0) is 0 Å². The van der Waals surface area contributed by atoms with E-state index in [0.29, 0.717) is 12.0 Å². The van der Waals surface area contributed by atoms with Crippen LogP contribution in [0.4, 0.5) is 0 Å². The summed E-state index contributed by atoms with van der Waals surface area (Å²) in [7, 11) is 0. The molecule has 2 nitrogen and oxygen atoms in total. The quantitative estimate of drug-likeness (QED) is 0.635. The average Bonchev–Trinajstić information content (AvgIpc) is 1.99. The normalized spacial score (nSPS) is 16.9. The number of hydrogen-bond donors (Lipinski definition) is 2. The number of aliphatic hydroxyl groups is 1. The summed E-state index contributed by atoms with van der Waals surface area (Å²) in [5, 5.41) is 12.2. The maximum atomic E-state index is 8.80. The molecule has 0 saturated carbocycles. The van der Waals surface area contributed by atoms with E-state index < -0.39 is 0 Å². The van der Waals surface area contributed by atoms with E-state index in [9.17, 15) is 0 Å². The van der Waals surface area contributed by atoms with Crippen LogP contribution in [0, 0.1) is 5.92 Å². The van der Waals surface area contributed by atoms with Crippen LogP contribution in [-0.4, -0.2) is 23.8 Å². The molecule has 1 unspecified atom stereocenters. The van der Waals surface area contributed by atoms with Crippen molar-refractivity contribution in [2.24, 2.45) is 5.92 Å². The van der Waals surface area contributed by atoms with Gasteiger partial charge in [0.25, 0.3) is 0 Å². The summed E-state index contributed by atoms with van der Waals surface area (Å²) in [5.41, 5.74) is 0. The third-order valence-electron chi connectivity index (χ3n) is 2.02. The van der Waals surface area contributed by atoms with Crippen molar-refractivity contribution < 1.29 is 5.11 Å². The summed E-state index contributed by atoms with van der Waals surface area (Å²) in [6, 6.07) is 0.763. The second kappa shape index (κ2) is 5.56. The van der Waals surface area contributed by atoms with Gasteiger partial charge in [0.05, 0.1) is 6.61 Å². The number of rotatable bonds is 5. The number of aliphatic hydroxyl groups excluding tert-OH is 1. The first-order chi connectivity index (χ1) is 5.11. The summed E-state index contributed by atoms with van der Waals surface area (Å²) < 4.78 is 0. The Balaban J connectivity index is 3.68. The highest BCUT2D eigenvalue weighted by atomic mass is 16.3. The molecule has 0 aromatic heterocycles. The lowest BCUT2D eigenvalue weighted by Gasteiger charge is -2.24. The number of nitrogens with one attached hydrogen (secondary N) is 1. The van der Waals surface area contributed by atoms with E-state index in [1.807, 2.05) is 6.92 Å². The molecular formula is C9H21NO. The molecule has 0 saturated heterocycles. The summed E-state index contributed by atoms with van der Waals surface area (Å²) >= 11 is 0. The van der Waals surface area contributed by atoms with E-state index in [4.69, 9.17) is 5.11 Å². The lowest BCUT2D eigenvalue weighted by Crippen LogP contribution is -2.41. The predicted octanol–water partition coefficient (Wildman–Crippen LogP) is 1.39. The van der Waals surface area contributed by atoms with Crippen molar-refractivity contribution in [2.75, 3.05) is 6.61 Å². The van der Waals surface area contributed by atoms with Crippen LogP contribution in [0.25, 0.3) is 0 Å². The third kappa shape index (κ3) is 4.38. The zero-order chi connectivity index (χ0) is 8.85. The fourth-order valence-electron chi connectivity index (χ4n) is 1.20. The molecule has 2 heteroatoms. The minimum atomic E-state index is 0.224. The van der Waals surface area contributed by atoms with Crippen LogP contribution in [0.2, 0.25) is 0 Å². The monoisotopic (exact) mass is 159 g/mol. The molecule has 0 aliphatic carbocycles. The molecule has 0 amide bonds. The molecule has 0 bridgehead atoms. The van der Waals surface area contributed by atoms with Crippen LogP contribution < -0.4 is 5.32 Å². The van der Waals surface area contributed by atoms with Gasteiger partial charge in [-0.25, -0.2) is 0 Å². The van der Waals surface area contributed by atoms with Gasteiger partial charge in [-0.3, -0.25) is 0 Å². The van der Waals surface area contributed by atoms with Crippen LogP contribution in [0.1, 0.15) is 34.1 Å². The molecule has 0 rings (SSSR count). The highest BCUT2D eigenvalue weighted by Crippen LogP contribution is 2.05. The first-order valence-corrected chi connectivity index (χ1v) is 4.48. The molecular weight excluding hydrogens is 138 g/mol. The maximum absolute atomic E-state index is 8.80. The van der Waals surface area contributed by atoms with Gasteiger partial charge in [-0.1, -0.05) is 20.8 Å². The predicted molar refractivity (Wildman–Crippen MR) is 48.6 cm³/mol. The van der Waals surface area contributed by atoms with Gasteiger partial charge in [-0.05, 0) is 19.3 Å². The summed E-state index contributed by atoms with van der Waals surface area (Å²) in [6.07, 6.45) is 1.13. The Hall–Kier alpha value is -0.0800. The van der Waals surface area contributed by atoms with Crippen LogP contribution >= 0.6 is 0 Å². The highest BCUT2D eigenvalue weighted by Gasteiger charge is 2.12. The van der Waals surface area contributed by atoms with E-state index in [1.54, 1.807) is 0 Å². The maximum Gasteiger partial charge on any atom is 0.0582 e. The molecule has 0 heterocycles. The second-order valence-electron chi connectivity index (χ2n) is 3.51. The Morgan fingerprint density at radius 1 is 1.27 bits per heavy atom. The van der Waals surface area contributed by atoms with Gasteiger partial charge in [0.1, 0.15) is 0 Å². The molecule has 2 atom stereocenters. The molecule has 0 fully saturated rings. The molecule has 11 heavy (non-hydrogen) atoms. The topological polar surface area (TPSA) is 32.3 Å². The van der Waals surface area contributed by atoms with Gasteiger partial charge in [0, 0.05) is 12.1 Å². The lowest BCUT2D eigenvalue weighted by atomic mass is 10.0. The van der Waals surface area contributed by atoms with E-state index in [1.165, 1.54) is 0 Å². The van der Waals surface area contributed by atoms with Crippen molar-refractivity contribution in [1.29, 1.82) is 0 Å². The Bertz CT molecular complexity index is 93.6. The van der Waals surface area contributed by atoms with E-state index in [-0.39, 0.29) is 12.6 Å². The highest BCUT2D eigenvalue weighted by molar-refractivity contribution is 4.72. The van der Waals surface area contributed by atoms with Gasteiger partial charge in [0.15, 0.2) is 0 Å². The first-order valence-electron chi connectivity index (χ1n) is 4.48. The molecule has 0 radical (unpaired) electrons. The molecule has 0 aromatic carbocycles. The Morgan fingerprint density at radius 2 is 1.82 bits per heavy atom. The Kier molecular flexibility index (Phi) is 5.51. The largest absolute Gasteiger partial charge is 0.395 e. The molecule has 2 N–H and O–H groups in total. The second-order valence-corrected chi connectivity index (χ2v) is 3.51. The molecule has 0 aromatic rings. The fourth-order valence-corrected chi connectivity index (χ4v) is 1.20. The van der Waals surface area contributed by atoms with Gasteiger partial charge < -0.3 is 10.4 Å². The molecule has 0 aliphatic rings. The van der Waals surface area contributed by atoms with Crippen LogP contribution in [0.3, 0.4) is 0 Å². The smallest absolute Gasteiger partial charge is 0.0582 e. The SMILES string of the molecule is CCC(N[C@@H](C)CO)C(C)C. The third-order valence-corrected chi connectivity index (χ3v) is 2.02. The fraction of sp³-hybridized carbons (Fsp3) is 1.00. The summed E-state index contributed by atoms with van der Waals surface area (Å²) in [6.45, 7) is 8.80. The van der Waals surface area contributed by atoms with E-state index in [0.717, 1.165) is 6.42 Å². The van der Waals surface area contributed by atoms with Crippen LogP contribution in [0.15, 0.2) is 0 Å². The number of hydrogen-bond acceptors (Lipinski definition) is 2. The molecule has 68 valence electrons. The van der Waals surface area contributed by atoms with Crippen molar-refractivity contribution >= 4 is 0 Å². The summed E-state index contributed by atoms with van der Waals surface area (Å²) in [4.78, 5) is 0. The van der Waals surface area contributed by atoms with Gasteiger partial charge in [0.2, 0.25) is 0 Å². The minimum absolute atomic E-state index is 0.224. The minimum Gasteiger partial charge on any atom is -0.395 e. The van der Waals surface area contributed by atoms with Gasteiger partial charge >= 0.3 is 0 Å². The summed E-state index contributed by atoms with van der Waals surface area (Å²) in [5.74, 6) is 0.647. The van der Waals surface area contributed by atoms with Crippen molar-refractivity contribution in [1.82, 2.24) is 5.32 Å². The van der Waals surface area contributed by atoms with Gasteiger partial charge in [-0.2, -0.15) is 0 Å². The average molecular weight is 159 g/mol. The van der Waals surface area contributed by atoms with E-state index >= 15 is 0 Å². The van der Waals surface area contributed by atoms with Crippen LogP contribution in [0.5, 0.6) is 0 Å². The zero-order valence-corrected chi connectivity index (χ0v) is 8.09. The van der Waals surface area contributed by atoms with Crippen molar-refractivity contribution in [3.8, 4) is 0 Å². The van der Waals surface area contributed by atoms with Crippen molar-refractivity contribution in [3.05, 3.63) is 0 Å². The van der Waals surface area contributed by atoms with Crippen molar-refractivity contribution in [3.63, 3.8) is 0 Å². The lowest BCUT2D eigenvalue weighted by molar-refractivity contribution is 0.227. The Morgan fingerprint density at radius 3 is 2.09 bits per heavy atom. The standard InChI is InChI=1S/C9H21NO/c1-5-9(7(2)3)10-8(4)6-11/h7-11H,5-6H2,1-4H3/t8-,9?/m0/s1.